The highest BCUT2D eigenvalue weighted by atomic mass is 32.2. The van der Waals surface area contributed by atoms with Crippen LogP contribution in [0.25, 0.3) is 0 Å². The first-order chi connectivity index (χ1) is 14.1. The molecule has 0 atom stereocenters. The number of carbonyl (C=O) groups excluding carboxylic acids is 1. The lowest BCUT2D eigenvalue weighted by molar-refractivity contribution is -0.123. The molecular weight excluding hydrogens is 425 g/mol. The van der Waals surface area contributed by atoms with E-state index >= 15 is 0 Å². The Labute approximate surface area is 170 Å². The third-order valence-electron chi connectivity index (χ3n) is 4.03. The monoisotopic (exact) mass is 442 g/mol. The van der Waals surface area contributed by atoms with Gasteiger partial charge in [0.05, 0.1) is 30.5 Å². The Morgan fingerprint density at radius 3 is 1.90 bits per heavy atom. The number of nitrogens with one attached hydrogen (secondary N) is 1. The van der Waals surface area contributed by atoms with Gasteiger partial charge in [0.15, 0.2) is 0 Å². The molecule has 160 valence electrons. The van der Waals surface area contributed by atoms with Gasteiger partial charge in [0.1, 0.15) is 18.1 Å². The van der Waals surface area contributed by atoms with Crippen LogP contribution in [0.2, 0.25) is 0 Å². The fourth-order valence-corrected chi connectivity index (χ4v) is 3.96. The number of rotatable bonds is 8. The van der Waals surface area contributed by atoms with Gasteiger partial charge in [-0.05, 0) is 48.5 Å². The fraction of sp³-hybridized carbons (Fsp3) is 0.211. The molecule has 0 aliphatic heterocycles. The second-order valence-electron chi connectivity index (χ2n) is 6.25. The summed E-state index contributed by atoms with van der Waals surface area (Å²) in [6.07, 6.45) is -1.71. The molecule has 7 nitrogen and oxygen atoms in total. The molecule has 0 saturated heterocycles. The largest absolute Gasteiger partial charge is 0.468 e. The van der Waals surface area contributed by atoms with E-state index in [4.69, 9.17) is 8.83 Å². The topological polar surface area (TPSA) is 92.8 Å². The number of hydrogen-bond acceptors (Lipinski definition) is 5. The molecule has 1 amide bonds. The van der Waals surface area contributed by atoms with E-state index in [0.717, 1.165) is 28.6 Å². The van der Waals surface area contributed by atoms with Gasteiger partial charge < -0.3 is 14.2 Å². The number of amides is 1. The van der Waals surface area contributed by atoms with Gasteiger partial charge in [-0.25, -0.2) is 8.42 Å². The van der Waals surface area contributed by atoms with Crippen molar-refractivity contribution in [3.8, 4) is 0 Å². The van der Waals surface area contributed by atoms with Crippen LogP contribution in [-0.4, -0.2) is 31.4 Å². The van der Waals surface area contributed by atoms with E-state index in [-0.39, 0.29) is 23.5 Å². The Hall–Kier alpha value is -3.05. The predicted octanol–water partition coefficient (Wildman–Crippen LogP) is 3.56. The molecule has 11 heteroatoms. The molecule has 0 aliphatic carbocycles. The average Bonchev–Trinajstić information content (AvgIpc) is 3.39. The summed E-state index contributed by atoms with van der Waals surface area (Å²) >= 11 is 0. The number of benzene rings is 1. The molecule has 1 N–H and O–H groups in total. The zero-order valence-corrected chi connectivity index (χ0v) is 16.2. The molecule has 0 spiro atoms. The van der Waals surface area contributed by atoms with Crippen molar-refractivity contribution in [2.24, 2.45) is 0 Å². The van der Waals surface area contributed by atoms with Crippen molar-refractivity contribution >= 4 is 15.9 Å². The lowest BCUT2D eigenvalue weighted by atomic mass is 10.2. The maximum atomic E-state index is 13.1. The van der Waals surface area contributed by atoms with Gasteiger partial charge in [-0.2, -0.15) is 17.5 Å². The second-order valence-corrected chi connectivity index (χ2v) is 8.19. The smallest absolute Gasteiger partial charge is 0.405 e. The molecule has 0 bridgehead atoms. The third-order valence-corrected chi connectivity index (χ3v) is 5.83. The molecule has 0 aliphatic rings. The van der Waals surface area contributed by atoms with E-state index in [1.54, 1.807) is 29.6 Å². The van der Waals surface area contributed by atoms with E-state index in [0.29, 0.717) is 11.5 Å². The van der Waals surface area contributed by atoms with E-state index in [1.807, 2.05) is 0 Å². The van der Waals surface area contributed by atoms with Crippen molar-refractivity contribution in [2.45, 2.75) is 24.2 Å². The van der Waals surface area contributed by atoms with Crippen LogP contribution in [0.5, 0.6) is 0 Å². The van der Waals surface area contributed by atoms with Crippen LogP contribution in [0.4, 0.5) is 13.2 Å². The lowest BCUT2D eigenvalue weighted by Gasteiger charge is -2.20. The lowest BCUT2D eigenvalue weighted by Crippen LogP contribution is -2.33. The van der Waals surface area contributed by atoms with Crippen molar-refractivity contribution in [1.82, 2.24) is 9.62 Å². The summed E-state index contributed by atoms with van der Waals surface area (Å²) in [6.45, 7) is -1.61. The minimum Gasteiger partial charge on any atom is -0.468 e. The Bertz CT molecular complexity index is 1020. The van der Waals surface area contributed by atoms with Crippen LogP contribution in [0.15, 0.2) is 74.8 Å². The van der Waals surface area contributed by atoms with E-state index in [2.05, 4.69) is 0 Å². The molecule has 0 saturated carbocycles. The molecule has 3 aromatic rings. The highest BCUT2D eigenvalue weighted by molar-refractivity contribution is 7.89. The zero-order valence-electron chi connectivity index (χ0n) is 15.4. The maximum absolute atomic E-state index is 13.1. The summed E-state index contributed by atoms with van der Waals surface area (Å²) in [6, 6.07) is 11.1. The summed E-state index contributed by atoms with van der Waals surface area (Å²) < 4.78 is 74.5. The number of alkyl halides is 3. The van der Waals surface area contributed by atoms with Crippen molar-refractivity contribution in [3.63, 3.8) is 0 Å². The summed E-state index contributed by atoms with van der Waals surface area (Å²) in [5, 5.41) is 1.73. The van der Waals surface area contributed by atoms with Gasteiger partial charge in [-0.3, -0.25) is 4.79 Å². The number of carbonyl (C=O) groups is 1. The predicted molar refractivity (Wildman–Crippen MR) is 98.7 cm³/mol. The molecule has 3 rings (SSSR count). The summed E-state index contributed by atoms with van der Waals surface area (Å²) in [7, 11) is -4.03. The molecule has 2 aromatic heterocycles. The van der Waals surface area contributed by atoms with Crippen LogP contribution >= 0.6 is 0 Å². The maximum Gasteiger partial charge on any atom is 0.405 e. The first kappa shape index (κ1) is 21.7. The SMILES string of the molecule is O=C(NCC(F)(F)F)c1ccc(S(=O)(=O)N(Cc2ccco2)Cc2ccco2)cc1. The number of furan rings is 2. The van der Waals surface area contributed by atoms with E-state index in [9.17, 15) is 26.4 Å². The van der Waals surface area contributed by atoms with Crippen LogP contribution in [0.1, 0.15) is 21.9 Å². The Morgan fingerprint density at radius 2 is 1.47 bits per heavy atom. The van der Waals surface area contributed by atoms with Gasteiger partial charge >= 0.3 is 6.18 Å². The molecule has 2 heterocycles. The van der Waals surface area contributed by atoms with Gasteiger partial charge in [0.2, 0.25) is 10.0 Å². The van der Waals surface area contributed by atoms with E-state index < -0.39 is 28.7 Å². The number of hydrogen-bond donors (Lipinski definition) is 1. The Kier molecular flexibility index (Phi) is 6.32. The van der Waals surface area contributed by atoms with Crippen LogP contribution < -0.4 is 5.32 Å². The zero-order chi connectivity index (χ0) is 21.8. The summed E-state index contributed by atoms with van der Waals surface area (Å²) in [5.41, 5.74) is -0.0955. The first-order valence-electron chi connectivity index (χ1n) is 8.65. The third kappa shape index (κ3) is 5.51. The number of halogens is 3. The molecule has 0 unspecified atom stereocenters. The normalized spacial score (nSPS) is 12.3. The highest BCUT2D eigenvalue weighted by Gasteiger charge is 2.29. The Morgan fingerprint density at radius 1 is 0.933 bits per heavy atom. The standard InChI is InChI=1S/C19H17F3N2O5S/c20-19(21,22)13-23-18(25)14-5-7-17(8-6-14)30(26,27)24(11-15-3-1-9-28-15)12-16-4-2-10-29-16/h1-10H,11-13H2,(H,23,25). The van der Waals surface area contributed by atoms with Crippen LogP contribution in [0.3, 0.4) is 0 Å². The van der Waals surface area contributed by atoms with E-state index in [1.165, 1.54) is 12.5 Å². The summed E-state index contributed by atoms with van der Waals surface area (Å²) in [5.74, 6) is -0.138. The van der Waals surface area contributed by atoms with Gasteiger partial charge in [0.25, 0.3) is 5.91 Å². The van der Waals surface area contributed by atoms with Crippen LogP contribution in [-0.2, 0) is 23.1 Å². The first-order valence-corrected chi connectivity index (χ1v) is 10.1. The highest BCUT2D eigenvalue weighted by Crippen LogP contribution is 2.22. The minimum absolute atomic E-state index is 0.0656. The summed E-state index contributed by atoms with van der Waals surface area (Å²) in [4.78, 5) is 11.7. The van der Waals surface area contributed by atoms with Crippen molar-refractivity contribution in [1.29, 1.82) is 0 Å². The molecular formula is C19H17F3N2O5S. The minimum atomic E-state index is -4.54. The number of sulfonamides is 1. The van der Waals surface area contributed by atoms with Gasteiger partial charge in [-0.15, -0.1) is 0 Å². The number of nitrogens with zero attached hydrogens (tertiary/aromatic N) is 1. The fourth-order valence-electron chi connectivity index (χ4n) is 2.59. The van der Waals surface area contributed by atoms with Gasteiger partial charge in [-0.1, -0.05) is 0 Å². The second kappa shape index (κ2) is 8.76. The van der Waals surface area contributed by atoms with Crippen molar-refractivity contribution in [2.75, 3.05) is 6.54 Å². The molecule has 30 heavy (non-hydrogen) atoms. The molecule has 0 fully saturated rings. The molecule has 0 radical (unpaired) electrons. The van der Waals surface area contributed by atoms with Crippen molar-refractivity contribution < 1.29 is 35.2 Å². The Balaban J connectivity index is 1.80. The van der Waals surface area contributed by atoms with Crippen LogP contribution in [0, 0.1) is 0 Å². The molecule has 1 aromatic carbocycles. The van der Waals surface area contributed by atoms with Crippen molar-refractivity contribution in [3.05, 3.63) is 78.1 Å². The quantitative estimate of drug-likeness (QED) is 0.576. The van der Waals surface area contributed by atoms with Gasteiger partial charge in [0, 0.05) is 5.56 Å². The average molecular weight is 442 g/mol.